The molecule has 0 saturated carbocycles. The van der Waals surface area contributed by atoms with Gasteiger partial charge in [0.25, 0.3) is 5.91 Å². The van der Waals surface area contributed by atoms with Gasteiger partial charge in [-0.3, -0.25) is 9.89 Å². The molecule has 2 rings (SSSR count). The van der Waals surface area contributed by atoms with Gasteiger partial charge in [0.05, 0.1) is 16.8 Å². The zero-order chi connectivity index (χ0) is 15.2. The maximum atomic E-state index is 12.1. The number of carbonyl (C=O) groups is 1. The molecule has 0 spiro atoms. The molecule has 2 heterocycles. The number of pyridine rings is 1. The number of anilines is 1. The van der Waals surface area contributed by atoms with Crippen molar-refractivity contribution in [3.8, 4) is 0 Å². The average molecular weight is 308 g/mol. The van der Waals surface area contributed by atoms with E-state index in [0.29, 0.717) is 22.9 Å². The van der Waals surface area contributed by atoms with Crippen molar-refractivity contribution >= 4 is 23.3 Å². The first-order valence-electron chi connectivity index (χ1n) is 6.78. The van der Waals surface area contributed by atoms with Crippen LogP contribution in [-0.4, -0.2) is 27.6 Å². The average Bonchev–Trinajstić information content (AvgIpc) is 2.88. The smallest absolute Gasteiger partial charge is 0.253 e. The van der Waals surface area contributed by atoms with Crippen LogP contribution < -0.4 is 10.6 Å². The van der Waals surface area contributed by atoms with Gasteiger partial charge in [0.1, 0.15) is 5.82 Å². The number of carbonyl (C=O) groups excluding carboxylic acids is 1. The molecule has 0 radical (unpaired) electrons. The van der Waals surface area contributed by atoms with Gasteiger partial charge in [-0.1, -0.05) is 18.5 Å². The van der Waals surface area contributed by atoms with Crippen molar-refractivity contribution < 1.29 is 4.79 Å². The fraction of sp³-hybridized carbons (Fsp3) is 0.357. The SMILES string of the molecule is CCCNc1ncc(C(=O)NCc2cn[nH]c2C)cc1Cl. The first kappa shape index (κ1) is 15.3. The van der Waals surface area contributed by atoms with E-state index in [0.717, 1.165) is 24.2 Å². The van der Waals surface area contributed by atoms with Crippen molar-refractivity contribution in [2.75, 3.05) is 11.9 Å². The maximum Gasteiger partial charge on any atom is 0.253 e. The number of halogens is 1. The molecule has 0 aliphatic rings. The lowest BCUT2D eigenvalue weighted by molar-refractivity contribution is 0.0950. The number of amides is 1. The summed E-state index contributed by atoms with van der Waals surface area (Å²) in [6.07, 6.45) is 4.18. The number of hydrogen-bond acceptors (Lipinski definition) is 4. The normalized spacial score (nSPS) is 10.4. The highest BCUT2D eigenvalue weighted by molar-refractivity contribution is 6.33. The zero-order valence-electron chi connectivity index (χ0n) is 12.0. The van der Waals surface area contributed by atoms with Crippen molar-refractivity contribution in [1.82, 2.24) is 20.5 Å². The fourth-order valence-corrected chi connectivity index (χ4v) is 2.00. The van der Waals surface area contributed by atoms with Gasteiger partial charge >= 0.3 is 0 Å². The van der Waals surface area contributed by atoms with Gasteiger partial charge in [0.15, 0.2) is 0 Å². The van der Waals surface area contributed by atoms with Crippen molar-refractivity contribution in [3.63, 3.8) is 0 Å². The van der Waals surface area contributed by atoms with Crippen LogP contribution >= 0.6 is 11.6 Å². The second kappa shape index (κ2) is 7.08. The molecule has 112 valence electrons. The molecule has 0 fully saturated rings. The standard InChI is InChI=1S/C14H18ClN5O/c1-3-4-16-13-12(15)5-10(6-17-13)14(21)18-7-11-8-19-20-9(11)2/h5-6,8H,3-4,7H2,1-2H3,(H,16,17)(H,18,21)(H,19,20). The number of hydrogen-bond donors (Lipinski definition) is 3. The van der Waals surface area contributed by atoms with Gasteiger partial charge < -0.3 is 10.6 Å². The number of H-pyrrole nitrogens is 1. The molecule has 2 aromatic rings. The summed E-state index contributed by atoms with van der Waals surface area (Å²) in [5.74, 6) is 0.382. The highest BCUT2D eigenvalue weighted by atomic mass is 35.5. The lowest BCUT2D eigenvalue weighted by Gasteiger charge is -2.08. The number of aryl methyl sites for hydroxylation is 1. The van der Waals surface area contributed by atoms with E-state index in [4.69, 9.17) is 11.6 Å². The van der Waals surface area contributed by atoms with E-state index in [9.17, 15) is 4.79 Å². The number of aromatic amines is 1. The Morgan fingerprint density at radius 2 is 2.24 bits per heavy atom. The lowest BCUT2D eigenvalue weighted by atomic mass is 10.2. The van der Waals surface area contributed by atoms with Crippen LogP contribution in [0.3, 0.4) is 0 Å². The predicted octanol–water partition coefficient (Wildman–Crippen LogP) is 2.52. The second-order valence-electron chi connectivity index (χ2n) is 4.68. The van der Waals surface area contributed by atoms with Gasteiger partial charge in [0.2, 0.25) is 0 Å². The Morgan fingerprint density at radius 1 is 1.43 bits per heavy atom. The summed E-state index contributed by atoms with van der Waals surface area (Å²) in [5, 5.41) is 13.1. The third kappa shape index (κ3) is 3.95. The summed E-state index contributed by atoms with van der Waals surface area (Å²) in [4.78, 5) is 16.2. The Labute approximate surface area is 128 Å². The molecule has 0 unspecified atom stereocenters. The first-order chi connectivity index (χ1) is 10.1. The summed E-state index contributed by atoms with van der Waals surface area (Å²) in [6, 6.07) is 1.62. The molecule has 3 N–H and O–H groups in total. The summed E-state index contributed by atoms with van der Waals surface area (Å²) < 4.78 is 0. The van der Waals surface area contributed by atoms with Crippen LogP contribution in [0.4, 0.5) is 5.82 Å². The molecule has 0 saturated heterocycles. The molecule has 6 nitrogen and oxygen atoms in total. The Bertz CT molecular complexity index is 626. The number of nitrogens with one attached hydrogen (secondary N) is 3. The molecule has 0 aliphatic heterocycles. The van der Waals surface area contributed by atoms with Crippen molar-refractivity contribution in [2.24, 2.45) is 0 Å². The Kier molecular flexibility index (Phi) is 5.16. The molecule has 21 heavy (non-hydrogen) atoms. The first-order valence-corrected chi connectivity index (χ1v) is 7.16. The lowest BCUT2D eigenvalue weighted by Crippen LogP contribution is -2.23. The molecular weight excluding hydrogens is 290 g/mol. The van der Waals surface area contributed by atoms with Crippen molar-refractivity contribution in [2.45, 2.75) is 26.8 Å². The summed E-state index contributed by atoms with van der Waals surface area (Å²) in [5.41, 5.74) is 2.32. The molecule has 0 aliphatic carbocycles. The summed E-state index contributed by atoms with van der Waals surface area (Å²) in [7, 11) is 0. The van der Waals surface area contributed by atoms with Crippen molar-refractivity contribution in [3.05, 3.63) is 40.3 Å². The van der Waals surface area contributed by atoms with E-state index in [1.165, 1.54) is 6.20 Å². The summed E-state index contributed by atoms with van der Waals surface area (Å²) >= 11 is 6.11. The highest BCUT2D eigenvalue weighted by Gasteiger charge is 2.10. The predicted molar refractivity (Wildman–Crippen MR) is 82.5 cm³/mol. The van der Waals surface area contributed by atoms with Crippen LogP contribution in [0.1, 0.15) is 35.0 Å². The van der Waals surface area contributed by atoms with Crippen LogP contribution in [0, 0.1) is 6.92 Å². The summed E-state index contributed by atoms with van der Waals surface area (Å²) in [6.45, 7) is 5.16. The molecule has 0 bridgehead atoms. The van der Waals surface area contributed by atoms with E-state index in [-0.39, 0.29) is 5.91 Å². The van der Waals surface area contributed by atoms with Gasteiger partial charge in [-0.2, -0.15) is 5.10 Å². The molecule has 0 atom stereocenters. The van der Waals surface area contributed by atoms with Crippen LogP contribution in [0.25, 0.3) is 0 Å². The quantitative estimate of drug-likeness (QED) is 0.766. The topological polar surface area (TPSA) is 82.7 Å². The van der Waals surface area contributed by atoms with Crippen LogP contribution in [0.5, 0.6) is 0 Å². The molecule has 1 amide bonds. The van der Waals surface area contributed by atoms with Gasteiger partial charge in [-0.15, -0.1) is 0 Å². The largest absolute Gasteiger partial charge is 0.369 e. The minimum Gasteiger partial charge on any atom is -0.369 e. The monoisotopic (exact) mass is 307 g/mol. The highest BCUT2D eigenvalue weighted by Crippen LogP contribution is 2.20. The van der Waals surface area contributed by atoms with Gasteiger partial charge in [0, 0.05) is 30.5 Å². The van der Waals surface area contributed by atoms with Crippen molar-refractivity contribution in [1.29, 1.82) is 0 Å². The minimum absolute atomic E-state index is 0.216. The van der Waals surface area contributed by atoms with E-state index < -0.39 is 0 Å². The van der Waals surface area contributed by atoms with Crippen LogP contribution in [0.15, 0.2) is 18.5 Å². The van der Waals surface area contributed by atoms with E-state index in [2.05, 4.69) is 32.7 Å². The van der Waals surface area contributed by atoms with E-state index in [1.54, 1.807) is 12.3 Å². The zero-order valence-corrected chi connectivity index (χ0v) is 12.8. The Morgan fingerprint density at radius 3 is 2.86 bits per heavy atom. The van der Waals surface area contributed by atoms with Gasteiger partial charge in [-0.05, 0) is 19.4 Å². The Hall–Kier alpha value is -2.08. The molecule has 0 aromatic carbocycles. The van der Waals surface area contributed by atoms with Crippen LogP contribution in [-0.2, 0) is 6.54 Å². The van der Waals surface area contributed by atoms with E-state index in [1.807, 2.05) is 6.92 Å². The molecule has 7 heteroatoms. The minimum atomic E-state index is -0.216. The number of aromatic nitrogens is 3. The molecular formula is C14H18ClN5O. The molecule has 2 aromatic heterocycles. The van der Waals surface area contributed by atoms with E-state index >= 15 is 0 Å². The number of rotatable bonds is 6. The van der Waals surface area contributed by atoms with Gasteiger partial charge in [-0.25, -0.2) is 4.98 Å². The maximum absolute atomic E-state index is 12.1. The third-order valence-corrected chi connectivity index (χ3v) is 3.31. The van der Waals surface area contributed by atoms with Crippen LogP contribution in [0.2, 0.25) is 5.02 Å². The Balaban J connectivity index is 1.99. The second-order valence-corrected chi connectivity index (χ2v) is 5.09. The third-order valence-electron chi connectivity index (χ3n) is 3.02. The fourth-order valence-electron chi connectivity index (χ4n) is 1.77. The number of nitrogens with zero attached hydrogens (tertiary/aromatic N) is 2.